The number of pyridine rings is 1. The number of sulfonamides is 1. The predicted octanol–water partition coefficient (Wildman–Crippen LogP) is 4.08. The maximum Gasteiger partial charge on any atom is 0.243 e. The molecule has 1 atom stereocenters. The van der Waals surface area contributed by atoms with Gasteiger partial charge in [0.25, 0.3) is 0 Å². The maximum absolute atomic E-state index is 13.1. The monoisotopic (exact) mass is 510 g/mol. The van der Waals surface area contributed by atoms with E-state index in [0.29, 0.717) is 31.1 Å². The number of carbonyl (C=O) groups excluding carboxylic acids is 1. The Kier molecular flexibility index (Phi) is 7.20. The highest BCUT2D eigenvalue weighted by Crippen LogP contribution is 2.27. The van der Waals surface area contributed by atoms with Crippen LogP contribution < -0.4 is 10.2 Å². The van der Waals surface area contributed by atoms with Gasteiger partial charge in [-0.05, 0) is 73.7 Å². The van der Waals surface area contributed by atoms with Gasteiger partial charge in [-0.3, -0.25) is 4.79 Å². The van der Waals surface area contributed by atoms with Crippen molar-refractivity contribution in [1.82, 2.24) is 14.6 Å². The van der Waals surface area contributed by atoms with Crippen molar-refractivity contribution in [2.24, 2.45) is 5.92 Å². The molecule has 3 heterocycles. The van der Waals surface area contributed by atoms with Crippen molar-refractivity contribution >= 4 is 32.7 Å². The largest absolute Gasteiger partial charge is 0.356 e. The van der Waals surface area contributed by atoms with E-state index in [0.717, 1.165) is 60.9 Å². The SMILES string of the molecule is O=C(NCc1ccc(F)cc1)[C@@H]1CCCN(c2ccc3cc(S(=O)(=O)N4CCCCC4)ccc3n2)C1. The fourth-order valence-electron chi connectivity index (χ4n) is 5.02. The molecule has 0 radical (unpaired) electrons. The molecule has 190 valence electrons. The molecule has 0 bridgehead atoms. The van der Waals surface area contributed by atoms with E-state index in [1.807, 2.05) is 12.1 Å². The van der Waals surface area contributed by atoms with Gasteiger partial charge in [-0.15, -0.1) is 0 Å². The average molecular weight is 511 g/mol. The van der Waals surface area contributed by atoms with Gasteiger partial charge >= 0.3 is 0 Å². The van der Waals surface area contributed by atoms with Crippen molar-refractivity contribution in [1.29, 1.82) is 0 Å². The molecule has 2 saturated heterocycles. The van der Waals surface area contributed by atoms with Crippen LogP contribution in [-0.2, 0) is 21.4 Å². The number of amides is 1. The van der Waals surface area contributed by atoms with Crippen LogP contribution in [0.15, 0.2) is 59.5 Å². The number of halogens is 1. The van der Waals surface area contributed by atoms with Crippen molar-refractivity contribution in [3.05, 3.63) is 66.0 Å². The van der Waals surface area contributed by atoms with Crippen LogP contribution in [0, 0.1) is 11.7 Å². The molecule has 3 aromatic rings. The number of rotatable bonds is 6. The summed E-state index contributed by atoms with van der Waals surface area (Å²) in [4.78, 5) is 20.0. The Morgan fingerprint density at radius 3 is 2.53 bits per heavy atom. The summed E-state index contributed by atoms with van der Waals surface area (Å²) in [6.07, 6.45) is 4.56. The smallest absolute Gasteiger partial charge is 0.243 e. The molecule has 5 rings (SSSR count). The molecule has 1 amide bonds. The number of hydrogen-bond acceptors (Lipinski definition) is 5. The van der Waals surface area contributed by atoms with Gasteiger partial charge in [-0.1, -0.05) is 18.6 Å². The zero-order valence-corrected chi connectivity index (χ0v) is 21.0. The third-order valence-electron chi connectivity index (χ3n) is 7.09. The average Bonchev–Trinajstić information content (AvgIpc) is 2.92. The third-order valence-corrected chi connectivity index (χ3v) is 8.99. The second kappa shape index (κ2) is 10.5. The molecule has 0 spiro atoms. The fourth-order valence-corrected chi connectivity index (χ4v) is 6.57. The molecular weight excluding hydrogens is 479 g/mol. The van der Waals surface area contributed by atoms with Crippen LogP contribution in [0.3, 0.4) is 0 Å². The lowest BCUT2D eigenvalue weighted by molar-refractivity contribution is -0.125. The predicted molar refractivity (Wildman–Crippen MR) is 138 cm³/mol. The van der Waals surface area contributed by atoms with E-state index in [2.05, 4.69) is 10.2 Å². The molecule has 0 aliphatic carbocycles. The minimum absolute atomic E-state index is 0.0163. The van der Waals surface area contributed by atoms with Crippen LogP contribution >= 0.6 is 0 Å². The molecular formula is C27H31FN4O3S. The number of aromatic nitrogens is 1. The van der Waals surface area contributed by atoms with Gasteiger partial charge in [0, 0.05) is 38.1 Å². The molecule has 0 saturated carbocycles. The summed E-state index contributed by atoms with van der Waals surface area (Å²) in [6, 6.07) is 15.1. The fraction of sp³-hybridized carbons (Fsp3) is 0.407. The Balaban J connectivity index is 1.26. The molecule has 0 unspecified atom stereocenters. The lowest BCUT2D eigenvalue weighted by Crippen LogP contribution is -2.43. The topological polar surface area (TPSA) is 82.6 Å². The Bertz CT molecular complexity index is 1340. The van der Waals surface area contributed by atoms with Gasteiger partial charge in [-0.25, -0.2) is 17.8 Å². The number of carbonyl (C=O) groups is 1. The molecule has 36 heavy (non-hydrogen) atoms. The summed E-state index contributed by atoms with van der Waals surface area (Å²) in [5.74, 6) is 0.312. The first-order valence-electron chi connectivity index (χ1n) is 12.6. The van der Waals surface area contributed by atoms with Crippen molar-refractivity contribution in [2.75, 3.05) is 31.1 Å². The van der Waals surface area contributed by atoms with Crippen LogP contribution in [0.2, 0.25) is 0 Å². The van der Waals surface area contributed by atoms with Gasteiger partial charge in [-0.2, -0.15) is 4.31 Å². The van der Waals surface area contributed by atoms with Gasteiger partial charge in [0.05, 0.1) is 16.3 Å². The van der Waals surface area contributed by atoms with Crippen molar-refractivity contribution in [3.63, 3.8) is 0 Å². The number of piperidine rings is 2. The molecule has 1 N–H and O–H groups in total. The van der Waals surface area contributed by atoms with E-state index in [4.69, 9.17) is 4.98 Å². The highest BCUT2D eigenvalue weighted by Gasteiger charge is 2.28. The molecule has 7 nitrogen and oxygen atoms in total. The lowest BCUT2D eigenvalue weighted by atomic mass is 9.97. The maximum atomic E-state index is 13.1. The first-order valence-corrected chi connectivity index (χ1v) is 14.0. The Morgan fingerprint density at radius 1 is 0.972 bits per heavy atom. The van der Waals surface area contributed by atoms with Crippen LogP contribution in [0.4, 0.5) is 10.2 Å². The zero-order chi connectivity index (χ0) is 25.1. The quantitative estimate of drug-likeness (QED) is 0.540. The van der Waals surface area contributed by atoms with Crippen LogP contribution in [0.25, 0.3) is 10.9 Å². The van der Waals surface area contributed by atoms with Gasteiger partial charge in [0.1, 0.15) is 11.6 Å². The number of benzene rings is 2. The Hall–Kier alpha value is -3.04. The second-order valence-corrected chi connectivity index (χ2v) is 11.6. The summed E-state index contributed by atoms with van der Waals surface area (Å²) in [7, 11) is -3.50. The molecule has 2 aliphatic heterocycles. The molecule has 2 fully saturated rings. The first kappa shape index (κ1) is 24.6. The van der Waals surface area contributed by atoms with E-state index in [-0.39, 0.29) is 17.6 Å². The van der Waals surface area contributed by atoms with Crippen LogP contribution in [0.5, 0.6) is 0 Å². The Morgan fingerprint density at radius 2 is 1.75 bits per heavy atom. The minimum atomic E-state index is -3.50. The number of nitrogens with zero attached hydrogens (tertiary/aromatic N) is 3. The first-order chi connectivity index (χ1) is 17.4. The molecule has 1 aromatic heterocycles. The summed E-state index contributed by atoms with van der Waals surface area (Å²) in [5.41, 5.74) is 1.59. The Labute approximate surface area is 211 Å². The van der Waals surface area contributed by atoms with Gasteiger partial charge in [0.15, 0.2) is 0 Å². The minimum Gasteiger partial charge on any atom is -0.356 e. The van der Waals surface area contributed by atoms with E-state index in [1.165, 1.54) is 12.1 Å². The van der Waals surface area contributed by atoms with E-state index >= 15 is 0 Å². The third kappa shape index (κ3) is 5.37. The number of fused-ring (bicyclic) bond motifs is 1. The van der Waals surface area contributed by atoms with Crippen molar-refractivity contribution < 1.29 is 17.6 Å². The van der Waals surface area contributed by atoms with E-state index in [1.54, 1.807) is 34.6 Å². The van der Waals surface area contributed by atoms with Gasteiger partial charge < -0.3 is 10.2 Å². The number of hydrogen-bond donors (Lipinski definition) is 1. The second-order valence-electron chi connectivity index (χ2n) is 9.62. The summed E-state index contributed by atoms with van der Waals surface area (Å²) < 4.78 is 40.8. The van der Waals surface area contributed by atoms with Crippen LogP contribution in [-0.4, -0.2) is 49.8 Å². The number of anilines is 1. The summed E-state index contributed by atoms with van der Waals surface area (Å²) in [5, 5.41) is 3.75. The zero-order valence-electron chi connectivity index (χ0n) is 20.2. The summed E-state index contributed by atoms with van der Waals surface area (Å²) in [6.45, 7) is 2.89. The number of nitrogens with one attached hydrogen (secondary N) is 1. The van der Waals surface area contributed by atoms with Gasteiger partial charge in [0.2, 0.25) is 15.9 Å². The van der Waals surface area contributed by atoms with Crippen molar-refractivity contribution in [3.8, 4) is 0 Å². The van der Waals surface area contributed by atoms with Crippen molar-refractivity contribution in [2.45, 2.75) is 43.5 Å². The standard InChI is InChI=1S/C27H31FN4O3S/c28-23-9-6-20(7-10-23)18-29-27(33)22-5-4-14-31(19-22)26-13-8-21-17-24(11-12-25(21)30-26)36(34,35)32-15-2-1-3-16-32/h6-13,17,22H,1-5,14-16,18-19H2,(H,29,33)/t22-/m1/s1. The lowest BCUT2D eigenvalue weighted by Gasteiger charge is -2.33. The molecule has 2 aromatic carbocycles. The molecule has 9 heteroatoms. The molecule has 2 aliphatic rings. The van der Waals surface area contributed by atoms with E-state index in [9.17, 15) is 17.6 Å². The normalized spacial score (nSPS) is 19.4. The highest BCUT2D eigenvalue weighted by molar-refractivity contribution is 7.89. The van der Waals surface area contributed by atoms with Crippen LogP contribution in [0.1, 0.15) is 37.7 Å². The summed E-state index contributed by atoms with van der Waals surface area (Å²) >= 11 is 0. The van der Waals surface area contributed by atoms with E-state index < -0.39 is 10.0 Å². The highest BCUT2D eigenvalue weighted by atomic mass is 32.2.